The number of halogens is 1. The molecule has 1 saturated heterocycles. The molecule has 1 atom stereocenters. The van der Waals surface area contributed by atoms with Crippen LogP contribution in [0.1, 0.15) is 31.1 Å². The van der Waals surface area contributed by atoms with E-state index in [1.165, 1.54) is 12.1 Å². The number of hydrogen-bond donors (Lipinski definition) is 1. The molecule has 1 aromatic carbocycles. The third kappa shape index (κ3) is 3.49. The van der Waals surface area contributed by atoms with Gasteiger partial charge in [-0.3, -0.25) is 0 Å². The summed E-state index contributed by atoms with van der Waals surface area (Å²) >= 11 is 0. The molecule has 4 heterocycles. The zero-order chi connectivity index (χ0) is 19.6. The van der Waals surface area contributed by atoms with E-state index in [9.17, 15) is 4.39 Å². The number of rotatable bonds is 4. The highest BCUT2D eigenvalue weighted by Gasteiger charge is 2.28. The minimum absolute atomic E-state index is 0.0407. The highest BCUT2D eigenvalue weighted by Crippen LogP contribution is 2.33. The second kappa shape index (κ2) is 7.46. The normalized spacial score (nSPS) is 16.9. The number of nitrogens with one attached hydrogen (secondary N) is 1. The first kappa shape index (κ1) is 17.5. The number of H-pyrrole nitrogens is 1. The summed E-state index contributed by atoms with van der Waals surface area (Å²) in [5, 5.41) is 4.25. The molecule has 8 heteroatoms. The fraction of sp³-hybridized carbons (Fsp3) is 0.238. The van der Waals surface area contributed by atoms with Gasteiger partial charge in [0.25, 0.3) is 0 Å². The molecule has 5 rings (SSSR count). The average molecular weight is 389 g/mol. The van der Waals surface area contributed by atoms with Crippen molar-refractivity contribution in [1.29, 1.82) is 0 Å². The largest absolute Gasteiger partial charge is 0.340 e. The Kier molecular flexibility index (Phi) is 4.51. The van der Waals surface area contributed by atoms with Crippen molar-refractivity contribution < 1.29 is 4.39 Å². The Morgan fingerprint density at radius 3 is 2.90 bits per heavy atom. The second-order valence-electron chi connectivity index (χ2n) is 7.06. The molecular formula is C21H20FN7. The van der Waals surface area contributed by atoms with Crippen molar-refractivity contribution in [3.05, 3.63) is 72.8 Å². The van der Waals surface area contributed by atoms with E-state index >= 15 is 0 Å². The first-order chi connectivity index (χ1) is 14.3. The van der Waals surface area contributed by atoms with Gasteiger partial charge in [-0.1, -0.05) is 12.1 Å². The number of aromatic nitrogens is 6. The highest BCUT2D eigenvalue weighted by atomic mass is 19.1. The van der Waals surface area contributed by atoms with Gasteiger partial charge in [0.15, 0.2) is 5.82 Å². The number of benzene rings is 1. The van der Waals surface area contributed by atoms with Gasteiger partial charge >= 0.3 is 0 Å². The SMILES string of the molecule is Fc1cccc(-c2cnc([C@@H]3CCCCN3c3nccc(-n4cccn4)n3)[nH]2)c1. The zero-order valence-electron chi connectivity index (χ0n) is 15.7. The maximum Gasteiger partial charge on any atom is 0.227 e. The van der Waals surface area contributed by atoms with Crippen molar-refractivity contribution in [3.8, 4) is 17.1 Å². The topological polar surface area (TPSA) is 75.5 Å². The summed E-state index contributed by atoms with van der Waals surface area (Å²) in [6, 6.07) is 10.3. The zero-order valence-corrected chi connectivity index (χ0v) is 15.7. The van der Waals surface area contributed by atoms with E-state index in [-0.39, 0.29) is 11.9 Å². The van der Waals surface area contributed by atoms with Gasteiger partial charge in [-0.05, 0) is 37.5 Å². The standard InChI is InChI=1S/C21H20FN7/c22-16-6-3-5-15(13-16)17-14-24-20(26-17)18-7-1-2-11-28(18)21-23-10-8-19(27-21)29-12-4-9-25-29/h3-6,8-10,12-14,18H,1-2,7,11H2,(H,24,26)/t18-/m0/s1. The van der Waals surface area contributed by atoms with Gasteiger partial charge in [-0.2, -0.15) is 10.1 Å². The molecule has 0 spiro atoms. The lowest BCUT2D eigenvalue weighted by Crippen LogP contribution is -2.35. The van der Waals surface area contributed by atoms with Gasteiger partial charge in [0.05, 0.1) is 17.9 Å². The van der Waals surface area contributed by atoms with Crippen molar-refractivity contribution in [2.24, 2.45) is 0 Å². The maximum absolute atomic E-state index is 13.6. The second-order valence-corrected chi connectivity index (χ2v) is 7.06. The van der Waals surface area contributed by atoms with Crippen LogP contribution in [0.2, 0.25) is 0 Å². The van der Waals surface area contributed by atoms with Crippen LogP contribution in [0, 0.1) is 5.82 Å². The van der Waals surface area contributed by atoms with Crippen molar-refractivity contribution in [2.45, 2.75) is 25.3 Å². The van der Waals surface area contributed by atoms with Crippen molar-refractivity contribution >= 4 is 5.95 Å². The molecule has 0 aliphatic carbocycles. The molecule has 1 aliphatic heterocycles. The van der Waals surface area contributed by atoms with Crippen LogP contribution in [0.5, 0.6) is 0 Å². The van der Waals surface area contributed by atoms with Crippen LogP contribution in [0.3, 0.4) is 0 Å². The van der Waals surface area contributed by atoms with E-state index < -0.39 is 0 Å². The van der Waals surface area contributed by atoms with Gasteiger partial charge in [0, 0.05) is 36.8 Å². The predicted molar refractivity (Wildman–Crippen MR) is 107 cm³/mol. The summed E-state index contributed by atoms with van der Waals surface area (Å²) in [6.07, 6.45) is 10.2. The Balaban J connectivity index is 1.46. The van der Waals surface area contributed by atoms with Gasteiger partial charge < -0.3 is 9.88 Å². The van der Waals surface area contributed by atoms with E-state index in [1.54, 1.807) is 29.3 Å². The molecule has 1 aliphatic rings. The number of imidazole rings is 1. The Bertz CT molecular complexity index is 1110. The summed E-state index contributed by atoms with van der Waals surface area (Å²) in [4.78, 5) is 19.4. The fourth-order valence-electron chi connectivity index (χ4n) is 3.77. The number of piperidine rings is 1. The quantitative estimate of drug-likeness (QED) is 0.572. The molecular weight excluding hydrogens is 369 g/mol. The minimum atomic E-state index is -0.262. The summed E-state index contributed by atoms with van der Waals surface area (Å²) in [5.74, 6) is 1.97. The first-order valence-corrected chi connectivity index (χ1v) is 9.68. The molecule has 0 amide bonds. The van der Waals surface area contributed by atoms with E-state index in [1.807, 2.05) is 24.4 Å². The van der Waals surface area contributed by atoms with Crippen LogP contribution in [0.4, 0.5) is 10.3 Å². The van der Waals surface area contributed by atoms with Crippen molar-refractivity contribution in [2.75, 3.05) is 11.4 Å². The predicted octanol–water partition coefficient (Wildman–Crippen LogP) is 3.92. The Morgan fingerprint density at radius 1 is 1.07 bits per heavy atom. The first-order valence-electron chi connectivity index (χ1n) is 9.68. The summed E-state index contributed by atoms with van der Waals surface area (Å²) in [6.45, 7) is 0.850. The smallest absolute Gasteiger partial charge is 0.227 e. The molecule has 29 heavy (non-hydrogen) atoms. The van der Waals surface area contributed by atoms with E-state index in [4.69, 9.17) is 4.98 Å². The third-order valence-corrected chi connectivity index (χ3v) is 5.17. The van der Waals surface area contributed by atoms with Crippen LogP contribution in [0.25, 0.3) is 17.1 Å². The molecule has 0 saturated carbocycles. The van der Waals surface area contributed by atoms with Crippen LogP contribution >= 0.6 is 0 Å². The number of anilines is 1. The number of hydrogen-bond acceptors (Lipinski definition) is 5. The van der Waals surface area contributed by atoms with Crippen LogP contribution in [-0.4, -0.2) is 36.3 Å². The molecule has 146 valence electrons. The minimum Gasteiger partial charge on any atom is -0.340 e. The monoisotopic (exact) mass is 389 g/mol. The van der Waals surface area contributed by atoms with Crippen molar-refractivity contribution in [1.82, 2.24) is 29.7 Å². The Labute approximate surface area is 167 Å². The lowest BCUT2D eigenvalue weighted by molar-refractivity contribution is 0.451. The van der Waals surface area contributed by atoms with Crippen LogP contribution in [0.15, 0.2) is 61.2 Å². The van der Waals surface area contributed by atoms with Crippen LogP contribution < -0.4 is 4.90 Å². The summed E-state index contributed by atoms with van der Waals surface area (Å²) in [5.41, 5.74) is 1.58. The lowest BCUT2D eigenvalue weighted by Gasteiger charge is -2.34. The van der Waals surface area contributed by atoms with Crippen molar-refractivity contribution in [3.63, 3.8) is 0 Å². The van der Waals surface area contributed by atoms with Gasteiger partial charge in [0.1, 0.15) is 11.6 Å². The molecule has 0 bridgehead atoms. The molecule has 7 nitrogen and oxygen atoms in total. The molecule has 0 radical (unpaired) electrons. The van der Waals surface area contributed by atoms with E-state index in [0.29, 0.717) is 5.95 Å². The van der Waals surface area contributed by atoms with Gasteiger partial charge in [-0.15, -0.1) is 0 Å². The number of nitrogens with zero attached hydrogens (tertiary/aromatic N) is 6. The highest BCUT2D eigenvalue weighted by molar-refractivity contribution is 5.58. The van der Waals surface area contributed by atoms with Gasteiger partial charge in [0.2, 0.25) is 5.95 Å². The average Bonchev–Trinajstić information content (AvgIpc) is 3.46. The lowest BCUT2D eigenvalue weighted by atomic mass is 10.0. The number of aromatic amines is 1. The molecule has 1 N–H and O–H groups in total. The fourth-order valence-corrected chi connectivity index (χ4v) is 3.77. The van der Waals surface area contributed by atoms with Crippen LogP contribution in [-0.2, 0) is 0 Å². The maximum atomic E-state index is 13.6. The molecule has 3 aromatic heterocycles. The molecule has 1 fully saturated rings. The summed E-state index contributed by atoms with van der Waals surface area (Å²) < 4.78 is 15.3. The van der Waals surface area contributed by atoms with Gasteiger partial charge in [-0.25, -0.2) is 19.0 Å². The third-order valence-electron chi connectivity index (χ3n) is 5.17. The summed E-state index contributed by atoms with van der Waals surface area (Å²) in [7, 11) is 0. The van der Waals surface area contributed by atoms with E-state index in [0.717, 1.165) is 48.7 Å². The molecule has 4 aromatic rings. The van der Waals surface area contributed by atoms with E-state index in [2.05, 4.69) is 25.0 Å². The Morgan fingerprint density at radius 2 is 2.03 bits per heavy atom. The Hall–Kier alpha value is -3.55. The molecule has 0 unspecified atom stereocenters.